The van der Waals surface area contributed by atoms with E-state index >= 15 is 0 Å². The number of nitrogens with one attached hydrogen (secondary N) is 1. The molecule has 1 aromatic carbocycles. The molecule has 0 spiro atoms. The van der Waals surface area contributed by atoms with Crippen LogP contribution < -0.4 is 5.32 Å². The van der Waals surface area contributed by atoms with Crippen LogP contribution in [0.2, 0.25) is 5.02 Å². The number of benzene rings is 1. The zero-order valence-corrected chi connectivity index (χ0v) is 15.7. The van der Waals surface area contributed by atoms with Crippen molar-refractivity contribution < 1.29 is 4.79 Å². The summed E-state index contributed by atoms with van der Waals surface area (Å²) in [5.41, 5.74) is 2.19. The van der Waals surface area contributed by atoms with E-state index in [-0.39, 0.29) is 11.7 Å². The number of hydrogen-bond donors (Lipinski definition) is 1. The maximum atomic E-state index is 12.1. The number of nitrogens with zero attached hydrogens (tertiary/aromatic N) is 4. The molecule has 0 saturated carbocycles. The molecule has 4 aromatic rings. The summed E-state index contributed by atoms with van der Waals surface area (Å²) in [6.45, 7) is 0. The SMILES string of the molecule is O=C(CSc1nnc2ccc(-c3cccs3)nn12)Nc1ccc(Cl)cc1. The van der Waals surface area contributed by atoms with Gasteiger partial charge >= 0.3 is 0 Å². The molecular formula is C17H12ClN5OS2. The molecule has 0 aliphatic heterocycles. The number of aromatic nitrogens is 4. The Kier molecular flexibility index (Phi) is 4.87. The molecule has 9 heteroatoms. The standard InChI is InChI=1S/C17H12ClN5OS2/c18-11-3-5-12(6-4-11)19-16(24)10-26-17-21-20-15-8-7-13(22-23(15)17)14-2-1-9-25-14/h1-9H,10H2,(H,19,24). The molecule has 0 aliphatic rings. The van der Waals surface area contributed by atoms with Crippen molar-refractivity contribution in [2.45, 2.75) is 5.16 Å². The van der Waals surface area contributed by atoms with Crippen LogP contribution in [0, 0.1) is 0 Å². The third-order valence-electron chi connectivity index (χ3n) is 3.47. The fourth-order valence-electron chi connectivity index (χ4n) is 2.28. The first-order chi connectivity index (χ1) is 12.7. The smallest absolute Gasteiger partial charge is 0.234 e. The summed E-state index contributed by atoms with van der Waals surface area (Å²) in [5.74, 6) is 0.0670. The molecule has 0 radical (unpaired) electrons. The Morgan fingerprint density at radius 2 is 2.00 bits per heavy atom. The number of thioether (sulfide) groups is 1. The van der Waals surface area contributed by atoms with Gasteiger partial charge in [-0.1, -0.05) is 29.4 Å². The van der Waals surface area contributed by atoms with E-state index in [1.165, 1.54) is 11.8 Å². The van der Waals surface area contributed by atoms with Gasteiger partial charge in [0, 0.05) is 10.7 Å². The summed E-state index contributed by atoms with van der Waals surface area (Å²) in [6, 6.07) is 14.7. The molecule has 3 aromatic heterocycles. The van der Waals surface area contributed by atoms with E-state index in [0.717, 1.165) is 10.6 Å². The van der Waals surface area contributed by atoms with Crippen LogP contribution >= 0.6 is 34.7 Å². The number of hydrogen-bond acceptors (Lipinski definition) is 6. The van der Waals surface area contributed by atoms with Gasteiger partial charge in [-0.25, -0.2) is 0 Å². The van der Waals surface area contributed by atoms with Gasteiger partial charge in [-0.05, 0) is 47.8 Å². The molecule has 0 saturated heterocycles. The second-order valence-corrected chi connectivity index (χ2v) is 7.62. The van der Waals surface area contributed by atoms with E-state index in [2.05, 4.69) is 20.6 Å². The first kappa shape index (κ1) is 17.0. The summed E-state index contributed by atoms with van der Waals surface area (Å²) in [6.07, 6.45) is 0. The molecule has 1 amide bonds. The summed E-state index contributed by atoms with van der Waals surface area (Å²) in [4.78, 5) is 13.2. The average molecular weight is 402 g/mol. The van der Waals surface area contributed by atoms with Gasteiger partial charge in [0.25, 0.3) is 0 Å². The molecule has 1 N–H and O–H groups in total. The Morgan fingerprint density at radius 1 is 1.15 bits per heavy atom. The topological polar surface area (TPSA) is 72.2 Å². The van der Waals surface area contributed by atoms with E-state index in [1.807, 2.05) is 29.6 Å². The second kappa shape index (κ2) is 7.45. The van der Waals surface area contributed by atoms with Crippen molar-refractivity contribution in [3.63, 3.8) is 0 Å². The highest BCUT2D eigenvalue weighted by Crippen LogP contribution is 2.24. The van der Waals surface area contributed by atoms with Gasteiger partial charge in [0.15, 0.2) is 5.65 Å². The van der Waals surface area contributed by atoms with Crippen LogP contribution in [0.25, 0.3) is 16.2 Å². The lowest BCUT2D eigenvalue weighted by Gasteiger charge is -2.04. The number of thiophene rings is 1. The third kappa shape index (κ3) is 3.72. The van der Waals surface area contributed by atoms with E-state index in [1.54, 1.807) is 40.1 Å². The Bertz CT molecular complexity index is 1050. The van der Waals surface area contributed by atoms with Crippen LogP contribution in [0.5, 0.6) is 0 Å². The lowest BCUT2D eigenvalue weighted by atomic mass is 10.3. The molecule has 26 heavy (non-hydrogen) atoms. The van der Waals surface area contributed by atoms with Crippen molar-refractivity contribution in [1.29, 1.82) is 0 Å². The molecule has 4 rings (SSSR count). The highest BCUT2D eigenvalue weighted by Gasteiger charge is 2.12. The van der Waals surface area contributed by atoms with Gasteiger partial charge in [-0.15, -0.1) is 21.5 Å². The van der Waals surface area contributed by atoms with Crippen LogP contribution in [0.1, 0.15) is 0 Å². The quantitative estimate of drug-likeness (QED) is 0.506. The minimum atomic E-state index is -0.136. The van der Waals surface area contributed by atoms with Crippen molar-refractivity contribution in [2.24, 2.45) is 0 Å². The Balaban J connectivity index is 1.47. The van der Waals surface area contributed by atoms with Crippen LogP contribution in [-0.2, 0) is 4.79 Å². The zero-order valence-electron chi connectivity index (χ0n) is 13.3. The first-order valence-electron chi connectivity index (χ1n) is 7.63. The lowest BCUT2D eigenvalue weighted by Crippen LogP contribution is -2.14. The van der Waals surface area contributed by atoms with Gasteiger partial charge in [-0.3, -0.25) is 4.79 Å². The van der Waals surface area contributed by atoms with Crippen molar-refractivity contribution in [1.82, 2.24) is 19.8 Å². The number of carbonyl (C=O) groups is 1. The summed E-state index contributed by atoms with van der Waals surface area (Å²) >= 11 is 8.74. The maximum absolute atomic E-state index is 12.1. The van der Waals surface area contributed by atoms with Crippen LogP contribution in [-0.4, -0.2) is 31.5 Å². The number of fused-ring (bicyclic) bond motifs is 1. The number of carbonyl (C=O) groups excluding carboxylic acids is 1. The fraction of sp³-hybridized carbons (Fsp3) is 0.0588. The number of anilines is 1. The summed E-state index contributed by atoms with van der Waals surface area (Å²) in [7, 11) is 0. The first-order valence-corrected chi connectivity index (χ1v) is 9.88. The molecule has 6 nitrogen and oxygen atoms in total. The second-order valence-electron chi connectivity index (χ2n) is 5.29. The van der Waals surface area contributed by atoms with Crippen molar-refractivity contribution in [3.8, 4) is 10.6 Å². The van der Waals surface area contributed by atoms with Gasteiger partial charge in [0.1, 0.15) is 5.69 Å². The molecular weight excluding hydrogens is 390 g/mol. The molecule has 0 aliphatic carbocycles. The van der Waals surface area contributed by atoms with E-state index in [0.29, 0.717) is 21.5 Å². The summed E-state index contributed by atoms with van der Waals surface area (Å²) < 4.78 is 1.66. The van der Waals surface area contributed by atoms with E-state index < -0.39 is 0 Å². The third-order valence-corrected chi connectivity index (χ3v) is 5.53. The number of rotatable bonds is 5. The maximum Gasteiger partial charge on any atom is 0.234 e. The van der Waals surface area contributed by atoms with E-state index in [9.17, 15) is 4.79 Å². The van der Waals surface area contributed by atoms with Gasteiger partial charge in [-0.2, -0.15) is 9.61 Å². The highest BCUT2D eigenvalue weighted by molar-refractivity contribution is 7.99. The largest absolute Gasteiger partial charge is 0.325 e. The van der Waals surface area contributed by atoms with Crippen LogP contribution in [0.4, 0.5) is 5.69 Å². The van der Waals surface area contributed by atoms with Crippen molar-refractivity contribution in [3.05, 3.63) is 58.9 Å². The van der Waals surface area contributed by atoms with Crippen LogP contribution in [0.15, 0.2) is 59.1 Å². The molecule has 3 heterocycles. The van der Waals surface area contributed by atoms with Crippen molar-refractivity contribution in [2.75, 3.05) is 11.1 Å². The zero-order chi connectivity index (χ0) is 17.9. The Labute approximate surface area is 162 Å². The van der Waals surface area contributed by atoms with E-state index in [4.69, 9.17) is 11.6 Å². The molecule has 0 unspecified atom stereocenters. The monoisotopic (exact) mass is 401 g/mol. The van der Waals surface area contributed by atoms with Gasteiger partial charge in [0.05, 0.1) is 10.6 Å². The minimum Gasteiger partial charge on any atom is -0.325 e. The summed E-state index contributed by atoms with van der Waals surface area (Å²) in [5, 5.41) is 18.8. The molecule has 0 atom stereocenters. The normalized spacial score (nSPS) is 11.0. The molecule has 0 fully saturated rings. The number of halogens is 1. The van der Waals surface area contributed by atoms with Gasteiger partial charge < -0.3 is 5.32 Å². The predicted octanol–water partition coefficient (Wildman–Crippen LogP) is 4.24. The van der Waals surface area contributed by atoms with Gasteiger partial charge in [0.2, 0.25) is 11.1 Å². The van der Waals surface area contributed by atoms with Crippen LogP contribution in [0.3, 0.4) is 0 Å². The number of amides is 1. The predicted molar refractivity (Wildman–Crippen MR) is 105 cm³/mol. The minimum absolute atomic E-state index is 0.136. The lowest BCUT2D eigenvalue weighted by molar-refractivity contribution is -0.113. The van der Waals surface area contributed by atoms with Crippen molar-refractivity contribution >= 4 is 51.9 Å². The molecule has 0 bridgehead atoms. The Morgan fingerprint density at radius 3 is 2.77 bits per heavy atom. The fourth-order valence-corrected chi connectivity index (χ4v) is 3.78. The highest BCUT2D eigenvalue weighted by atomic mass is 35.5. The molecule has 130 valence electrons. The Hall–Kier alpha value is -2.42. The average Bonchev–Trinajstić information content (AvgIpc) is 3.31.